The fourth-order valence-corrected chi connectivity index (χ4v) is 4.32. The number of piperidine rings is 1. The standard InChI is InChI=1S/C23H28N2O2/c1-17-14-19-15-18(8-9-21(19)27-17)22(26)24-16-23(10-12-25(2)13-11-23)20-6-4-3-5-7-20/h3-9,15,17H,10-14,16H2,1-2H3,(H,24,26). The average Bonchev–Trinajstić information content (AvgIpc) is 3.07. The fraction of sp³-hybridized carbons (Fsp3) is 0.435. The van der Waals surface area contributed by atoms with Gasteiger partial charge in [-0.25, -0.2) is 0 Å². The number of likely N-dealkylation sites (tertiary alicyclic amines) is 1. The number of carbonyl (C=O) groups is 1. The summed E-state index contributed by atoms with van der Waals surface area (Å²) in [7, 11) is 2.17. The minimum atomic E-state index is 0.00610. The predicted molar refractivity (Wildman–Crippen MR) is 107 cm³/mol. The number of hydrogen-bond donors (Lipinski definition) is 1. The van der Waals surface area contributed by atoms with E-state index in [0.29, 0.717) is 6.54 Å². The Bertz CT molecular complexity index is 810. The van der Waals surface area contributed by atoms with Crippen LogP contribution in [0, 0.1) is 0 Å². The molecule has 0 aliphatic carbocycles. The number of nitrogens with one attached hydrogen (secondary N) is 1. The molecule has 0 aromatic heterocycles. The lowest BCUT2D eigenvalue weighted by Crippen LogP contribution is -2.48. The third-order valence-corrected chi connectivity index (χ3v) is 6.08. The van der Waals surface area contributed by atoms with Gasteiger partial charge >= 0.3 is 0 Å². The molecule has 27 heavy (non-hydrogen) atoms. The summed E-state index contributed by atoms with van der Waals surface area (Å²) in [6.45, 7) is 4.84. The number of hydrogen-bond acceptors (Lipinski definition) is 3. The number of benzene rings is 2. The van der Waals surface area contributed by atoms with E-state index in [4.69, 9.17) is 4.74 Å². The third kappa shape index (κ3) is 3.72. The molecule has 1 unspecified atom stereocenters. The van der Waals surface area contributed by atoms with Crippen LogP contribution >= 0.6 is 0 Å². The zero-order valence-corrected chi connectivity index (χ0v) is 16.2. The van der Waals surface area contributed by atoms with Crippen molar-refractivity contribution >= 4 is 5.91 Å². The Morgan fingerprint density at radius 1 is 1.19 bits per heavy atom. The van der Waals surface area contributed by atoms with Crippen LogP contribution in [0.25, 0.3) is 0 Å². The van der Waals surface area contributed by atoms with E-state index in [1.165, 1.54) is 5.56 Å². The molecule has 0 bridgehead atoms. The lowest BCUT2D eigenvalue weighted by atomic mass is 9.72. The van der Waals surface area contributed by atoms with Crippen LogP contribution in [0.15, 0.2) is 48.5 Å². The topological polar surface area (TPSA) is 41.6 Å². The Hall–Kier alpha value is -2.33. The van der Waals surface area contributed by atoms with Gasteiger partial charge in [-0.15, -0.1) is 0 Å². The van der Waals surface area contributed by atoms with E-state index in [1.54, 1.807) is 0 Å². The Morgan fingerprint density at radius 3 is 2.67 bits per heavy atom. The van der Waals surface area contributed by atoms with Crippen LogP contribution in [-0.4, -0.2) is 43.6 Å². The summed E-state index contributed by atoms with van der Waals surface area (Å²) in [6.07, 6.45) is 3.18. The van der Waals surface area contributed by atoms with Crippen molar-refractivity contribution in [2.75, 3.05) is 26.7 Å². The molecule has 0 saturated carbocycles. The highest BCUT2D eigenvalue weighted by molar-refractivity contribution is 5.94. The second-order valence-corrected chi connectivity index (χ2v) is 8.09. The van der Waals surface area contributed by atoms with Crippen molar-refractivity contribution in [3.8, 4) is 5.75 Å². The first-order valence-corrected chi connectivity index (χ1v) is 9.88. The van der Waals surface area contributed by atoms with Crippen LogP contribution in [-0.2, 0) is 11.8 Å². The van der Waals surface area contributed by atoms with Crippen molar-refractivity contribution in [1.29, 1.82) is 0 Å². The quantitative estimate of drug-likeness (QED) is 0.904. The van der Waals surface area contributed by atoms with Gasteiger partial charge in [0.25, 0.3) is 5.91 Å². The number of amides is 1. The SMILES string of the molecule is CC1Cc2cc(C(=O)NCC3(c4ccccc4)CCN(C)CC3)ccc2O1. The minimum absolute atomic E-state index is 0.00610. The summed E-state index contributed by atoms with van der Waals surface area (Å²) in [5.74, 6) is 0.918. The van der Waals surface area contributed by atoms with Gasteiger partial charge in [-0.1, -0.05) is 30.3 Å². The molecule has 1 N–H and O–H groups in total. The molecule has 2 aromatic carbocycles. The maximum Gasteiger partial charge on any atom is 0.251 e. The molecule has 1 saturated heterocycles. The Morgan fingerprint density at radius 2 is 1.93 bits per heavy atom. The van der Waals surface area contributed by atoms with E-state index in [2.05, 4.69) is 54.5 Å². The zero-order valence-electron chi connectivity index (χ0n) is 16.2. The molecular weight excluding hydrogens is 336 g/mol. The number of carbonyl (C=O) groups excluding carboxylic acids is 1. The second kappa shape index (κ2) is 7.35. The molecule has 142 valence electrons. The average molecular weight is 364 g/mol. The van der Waals surface area contributed by atoms with Crippen LogP contribution in [0.5, 0.6) is 5.75 Å². The molecule has 1 atom stereocenters. The summed E-state index contributed by atoms with van der Waals surface area (Å²) >= 11 is 0. The van der Waals surface area contributed by atoms with Gasteiger partial charge in [0, 0.05) is 23.9 Å². The van der Waals surface area contributed by atoms with Gasteiger partial charge in [0.15, 0.2) is 0 Å². The van der Waals surface area contributed by atoms with Crippen LogP contribution in [0.1, 0.15) is 41.3 Å². The number of fused-ring (bicyclic) bond motifs is 1. The molecule has 2 aliphatic rings. The molecule has 0 radical (unpaired) electrons. The van der Waals surface area contributed by atoms with E-state index in [1.807, 2.05) is 18.2 Å². The van der Waals surface area contributed by atoms with Crippen LogP contribution in [0.3, 0.4) is 0 Å². The summed E-state index contributed by atoms with van der Waals surface area (Å²) in [6, 6.07) is 16.4. The number of nitrogens with zero attached hydrogens (tertiary/aromatic N) is 1. The highest BCUT2D eigenvalue weighted by Crippen LogP contribution is 2.35. The lowest BCUT2D eigenvalue weighted by Gasteiger charge is -2.41. The van der Waals surface area contributed by atoms with Crippen molar-refractivity contribution in [2.45, 2.75) is 37.7 Å². The van der Waals surface area contributed by atoms with Gasteiger partial charge in [0.05, 0.1) is 0 Å². The van der Waals surface area contributed by atoms with Crippen molar-refractivity contribution in [3.05, 3.63) is 65.2 Å². The largest absolute Gasteiger partial charge is 0.490 e. The number of ether oxygens (including phenoxy) is 1. The number of rotatable bonds is 4. The van der Waals surface area contributed by atoms with Crippen molar-refractivity contribution in [3.63, 3.8) is 0 Å². The molecule has 1 fully saturated rings. The lowest BCUT2D eigenvalue weighted by molar-refractivity contribution is 0.0927. The van der Waals surface area contributed by atoms with Crippen molar-refractivity contribution in [1.82, 2.24) is 10.2 Å². The summed E-state index contributed by atoms with van der Waals surface area (Å²) in [5, 5.41) is 3.23. The molecular formula is C23H28N2O2. The van der Waals surface area contributed by atoms with E-state index >= 15 is 0 Å². The molecule has 2 aliphatic heterocycles. The zero-order chi connectivity index (χ0) is 18.9. The first kappa shape index (κ1) is 18.1. The molecule has 2 aromatic rings. The Labute approximate surface area is 161 Å². The van der Waals surface area contributed by atoms with Crippen molar-refractivity contribution < 1.29 is 9.53 Å². The fourth-order valence-electron chi connectivity index (χ4n) is 4.32. The first-order chi connectivity index (χ1) is 13.1. The summed E-state index contributed by atoms with van der Waals surface area (Å²) in [5.41, 5.74) is 3.20. The third-order valence-electron chi connectivity index (χ3n) is 6.08. The van der Waals surface area contributed by atoms with Crippen molar-refractivity contribution in [2.24, 2.45) is 0 Å². The van der Waals surface area contributed by atoms with Crippen LogP contribution in [0.4, 0.5) is 0 Å². The molecule has 2 heterocycles. The predicted octanol–water partition coefficient (Wildman–Crippen LogP) is 3.40. The summed E-state index contributed by atoms with van der Waals surface area (Å²) < 4.78 is 5.74. The maximum atomic E-state index is 12.8. The smallest absolute Gasteiger partial charge is 0.251 e. The van der Waals surface area contributed by atoms with E-state index in [-0.39, 0.29) is 17.4 Å². The summed E-state index contributed by atoms with van der Waals surface area (Å²) in [4.78, 5) is 15.2. The van der Waals surface area contributed by atoms with Gasteiger partial charge in [0.2, 0.25) is 0 Å². The van der Waals surface area contributed by atoms with Gasteiger partial charge in [-0.05, 0) is 69.2 Å². The molecule has 1 amide bonds. The molecule has 4 nitrogen and oxygen atoms in total. The van der Waals surface area contributed by atoms with E-state index < -0.39 is 0 Å². The minimum Gasteiger partial charge on any atom is -0.490 e. The van der Waals surface area contributed by atoms with Gasteiger partial charge in [-0.3, -0.25) is 4.79 Å². The van der Waals surface area contributed by atoms with Crippen LogP contribution in [0.2, 0.25) is 0 Å². The van der Waals surface area contributed by atoms with Gasteiger partial charge in [0.1, 0.15) is 11.9 Å². The highest BCUT2D eigenvalue weighted by atomic mass is 16.5. The monoisotopic (exact) mass is 364 g/mol. The van der Waals surface area contributed by atoms with E-state index in [9.17, 15) is 4.79 Å². The highest BCUT2D eigenvalue weighted by Gasteiger charge is 2.35. The molecule has 4 rings (SSSR count). The molecule has 4 heteroatoms. The normalized spacial score (nSPS) is 21.3. The Kier molecular flexibility index (Phi) is 4.92. The molecule has 0 spiro atoms. The maximum absolute atomic E-state index is 12.8. The van der Waals surface area contributed by atoms with Gasteiger partial charge < -0.3 is 15.0 Å². The Balaban J connectivity index is 1.50. The second-order valence-electron chi connectivity index (χ2n) is 8.09. The van der Waals surface area contributed by atoms with Crippen LogP contribution < -0.4 is 10.1 Å². The first-order valence-electron chi connectivity index (χ1n) is 9.88. The van der Waals surface area contributed by atoms with E-state index in [0.717, 1.165) is 49.2 Å². The van der Waals surface area contributed by atoms with Gasteiger partial charge in [-0.2, -0.15) is 0 Å².